The maximum absolute atomic E-state index is 12.6. The highest BCUT2D eigenvalue weighted by atomic mass is 16.3. The van der Waals surface area contributed by atoms with Gasteiger partial charge < -0.3 is 26.6 Å². The van der Waals surface area contributed by atoms with Crippen molar-refractivity contribution < 1.29 is 15.0 Å². The van der Waals surface area contributed by atoms with Crippen molar-refractivity contribution in [1.29, 1.82) is 0 Å². The highest BCUT2D eigenvalue weighted by Crippen LogP contribution is 2.16. The number of nitrogen functional groups attached to an aromatic ring is 1. The Morgan fingerprint density at radius 1 is 1.15 bits per heavy atom. The van der Waals surface area contributed by atoms with Gasteiger partial charge in [-0.3, -0.25) is 4.79 Å². The van der Waals surface area contributed by atoms with Gasteiger partial charge in [0.25, 0.3) is 5.91 Å². The standard InChI is InChI=1S/C26H32N4O3/c1-17-12-23(31)8-6-20(17)10-11-28-26(33)21-5-3-4-19(14-21)13-18(2)29-16-24(32)22-7-9-25(27)30-15-22/h3-9,12,14-15,18,24,29,31-32H,10-11,13,16H2,1-2H3,(H2,27,30)(H,28,33)/t18-,24+/m1/s1. The number of aromatic hydroxyl groups is 1. The van der Waals surface area contributed by atoms with E-state index >= 15 is 0 Å². The Balaban J connectivity index is 1.47. The summed E-state index contributed by atoms with van der Waals surface area (Å²) in [6.45, 7) is 4.90. The molecule has 0 aliphatic heterocycles. The maximum atomic E-state index is 12.6. The van der Waals surface area contributed by atoms with Crippen LogP contribution in [0, 0.1) is 6.92 Å². The summed E-state index contributed by atoms with van der Waals surface area (Å²) in [6, 6.07) is 16.4. The zero-order chi connectivity index (χ0) is 23.8. The molecule has 33 heavy (non-hydrogen) atoms. The molecule has 0 saturated heterocycles. The maximum Gasteiger partial charge on any atom is 0.251 e. The number of aromatic nitrogens is 1. The average Bonchev–Trinajstić information content (AvgIpc) is 2.79. The Morgan fingerprint density at radius 2 is 1.97 bits per heavy atom. The number of nitrogens with zero attached hydrogens (tertiary/aromatic N) is 1. The molecule has 0 aliphatic rings. The van der Waals surface area contributed by atoms with Gasteiger partial charge in [-0.25, -0.2) is 4.98 Å². The number of carbonyl (C=O) groups excluding carboxylic acids is 1. The van der Waals surface area contributed by atoms with E-state index in [0.29, 0.717) is 36.5 Å². The van der Waals surface area contributed by atoms with E-state index in [4.69, 9.17) is 5.73 Å². The van der Waals surface area contributed by atoms with Crippen LogP contribution in [0.5, 0.6) is 5.75 Å². The number of aliphatic hydroxyl groups is 1. The third kappa shape index (κ3) is 7.30. The number of anilines is 1. The second kappa shape index (κ2) is 11.4. The van der Waals surface area contributed by atoms with Gasteiger partial charge in [-0.05, 0) is 73.7 Å². The van der Waals surface area contributed by atoms with Crippen LogP contribution in [-0.2, 0) is 12.8 Å². The average molecular weight is 449 g/mol. The van der Waals surface area contributed by atoms with E-state index in [1.165, 1.54) is 0 Å². The molecule has 0 fully saturated rings. The van der Waals surface area contributed by atoms with Crippen molar-refractivity contribution in [3.63, 3.8) is 0 Å². The summed E-state index contributed by atoms with van der Waals surface area (Å²) >= 11 is 0. The van der Waals surface area contributed by atoms with Crippen LogP contribution in [-0.4, -0.2) is 40.2 Å². The van der Waals surface area contributed by atoms with Crippen molar-refractivity contribution in [1.82, 2.24) is 15.6 Å². The van der Waals surface area contributed by atoms with E-state index in [2.05, 4.69) is 15.6 Å². The lowest BCUT2D eigenvalue weighted by atomic mass is 10.0. The largest absolute Gasteiger partial charge is 0.508 e. The molecular weight excluding hydrogens is 416 g/mol. The minimum atomic E-state index is -0.671. The molecule has 7 heteroatoms. The Labute approximate surface area is 194 Å². The van der Waals surface area contributed by atoms with E-state index in [1.54, 1.807) is 36.5 Å². The first-order chi connectivity index (χ1) is 15.8. The monoisotopic (exact) mass is 448 g/mol. The normalized spacial score (nSPS) is 12.8. The highest BCUT2D eigenvalue weighted by molar-refractivity contribution is 5.94. The fourth-order valence-electron chi connectivity index (χ4n) is 3.68. The van der Waals surface area contributed by atoms with Gasteiger partial charge in [0, 0.05) is 36.5 Å². The van der Waals surface area contributed by atoms with E-state index in [1.807, 2.05) is 38.1 Å². The molecule has 0 radical (unpaired) electrons. The van der Waals surface area contributed by atoms with Gasteiger partial charge in [0.05, 0.1) is 6.10 Å². The Hall–Kier alpha value is -3.42. The van der Waals surface area contributed by atoms with Crippen LogP contribution in [0.1, 0.15) is 45.6 Å². The SMILES string of the molecule is Cc1cc(O)ccc1CCNC(=O)c1cccc(C[C@@H](C)NC[C@H](O)c2ccc(N)nc2)c1. The lowest BCUT2D eigenvalue weighted by Crippen LogP contribution is -2.32. The van der Waals surface area contributed by atoms with Crippen molar-refractivity contribution in [2.24, 2.45) is 0 Å². The summed E-state index contributed by atoms with van der Waals surface area (Å²) in [5.74, 6) is 0.560. The molecule has 3 aromatic rings. The summed E-state index contributed by atoms with van der Waals surface area (Å²) in [5, 5.41) is 26.1. The molecule has 1 amide bonds. The van der Waals surface area contributed by atoms with Crippen molar-refractivity contribution in [2.45, 2.75) is 38.8 Å². The Bertz CT molecular complexity index is 1070. The number of aryl methyl sites for hydroxylation is 1. The van der Waals surface area contributed by atoms with Crippen LogP contribution in [0.3, 0.4) is 0 Å². The first-order valence-corrected chi connectivity index (χ1v) is 11.1. The van der Waals surface area contributed by atoms with Crippen LogP contribution in [0.15, 0.2) is 60.8 Å². The molecule has 0 saturated carbocycles. The molecule has 0 aliphatic carbocycles. The first kappa shape index (κ1) is 24.2. The fraction of sp³-hybridized carbons (Fsp3) is 0.308. The third-order valence-corrected chi connectivity index (χ3v) is 5.59. The molecular formula is C26H32N4O3. The van der Waals surface area contributed by atoms with Gasteiger partial charge in [0.2, 0.25) is 0 Å². The quantitative estimate of drug-likeness (QED) is 0.325. The minimum absolute atomic E-state index is 0.108. The van der Waals surface area contributed by atoms with Gasteiger partial charge in [0.15, 0.2) is 0 Å². The van der Waals surface area contributed by atoms with E-state index < -0.39 is 6.10 Å². The summed E-state index contributed by atoms with van der Waals surface area (Å²) in [7, 11) is 0. The topological polar surface area (TPSA) is 120 Å². The number of pyridine rings is 1. The predicted octanol–water partition coefficient (Wildman–Crippen LogP) is 2.90. The molecule has 0 unspecified atom stereocenters. The molecule has 1 aromatic heterocycles. The lowest BCUT2D eigenvalue weighted by Gasteiger charge is -2.18. The van der Waals surface area contributed by atoms with Crippen LogP contribution in [0.4, 0.5) is 5.82 Å². The second-order valence-electron chi connectivity index (χ2n) is 8.36. The molecule has 3 rings (SSSR count). The number of amides is 1. The number of nitrogens with two attached hydrogens (primary N) is 1. The number of phenolic OH excluding ortho intramolecular Hbond substituents is 1. The molecule has 2 aromatic carbocycles. The number of aliphatic hydroxyl groups excluding tert-OH is 1. The first-order valence-electron chi connectivity index (χ1n) is 11.1. The Kier molecular flexibility index (Phi) is 8.40. The number of phenols is 1. The predicted molar refractivity (Wildman–Crippen MR) is 130 cm³/mol. The van der Waals surface area contributed by atoms with Crippen molar-refractivity contribution in [3.05, 3.63) is 88.6 Å². The zero-order valence-corrected chi connectivity index (χ0v) is 19.1. The molecule has 1 heterocycles. The van der Waals surface area contributed by atoms with Crippen LogP contribution in [0.2, 0.25) is 0 Å². The molecule has 2 atom stereocenters. The van der Waals surface area contributed by atoms with Crippen LogP contribution in [0.25, 0.3) is 0 Å². The van der Waals surface area contributed by atoms with E-state index in [-0.39, 0.29) is 17.7 Å². The van der Waals surface area contributed by atoms with Gasteiger partial charge in [0.1, 0.15) is 11.6 Å². The fourth-order valence-corrected chi connectivity index (χ4v) is 3.68. The van der Waals surface area contributed by atoms with Gasteiger partial charge in [-0.1, -0.05) is 24.3 Å². The molecule has 6 N–H and O–H groups in total. The number of hydrogen-bond donors (Lipinski definition) is 5. The third-order valence-electron chi connectivity index (χ3n) is 5.59. The highest BCUT2D eigenvalue weighted by Gasteiger charge is 2.12. The minimum Gasteiger partial charge on any atom is -0.508 e. The number of rotatable bonds is 10. The van der Waals surface area contributed by atoms with Gasteiger partial charge >= 0.3 is 0 Å². The van der Waals surface area contributed by atoms with Crippen LogP contribution >= 0.6 is 0 Å². The van der Waals surface area contributed by atoms with E-state index in [9.17, 15) is 15.0 Å². The van der Waals surface area contributed by atoms with Crippen LogP contribution < -0.4 is 16.4 Å². The smallest absolute Gasteiger partial charge is 0.251 e. The molecule has 0 spiro atoms. The summed E-state index contributed by atoms with van der Waals surface area (Å²) in [6.07, 6.45) is 2.33. The second-order valence-corrected chi connectivity index (χ2v) is 8.36. The van der Waals surface area contributed by atoms with Crippen molar-refractivity contribution >= 4 is 11.7 Å². The Morgan fingerprint density at radius 3 is 2.70 bits per heavy atom. The summed E-state index contributed by atoms with van der Waals surface area (Å²) in [4.78, 5) is 16.6. The summed E-state index contributed by atoms with van der Waals surface area (Å²) in [5.41, 5.74) is 10.1. The lowest BCUT2D eigenvalue weighted by molar-refractivity contribution is 0.0954. The summed E-state index contributed by atoms with van der Waals surface area (Å²) < 4.78 is 0. The van der Waals surface area contributed by atoms with Crippen molar-refractivity contribution in [3.8, 4) is 5.75 Å². The van der Waals surface area contributed by atoms with Gasteiger partial charge in [-0.15, -0.1) is 0 Å². The number of carbonyl (C=O) groups is 1. The zero-order valence-electron chi connectivity index (χ0n) is 19.1. The molecule has 0 bridgehead atoms. The number of nitrogens with one attached hydrogen (secondary N) is 2. The number of benzene rings is 2. The van der Waals surface area contributed by atoms with Gasteiger partial charge in [-0.2, -0.15) is 0 Å². The van der Waals surface area contributed by atoms with E-state index in [0.717, 1.165) is 23.1 Å². The number of hydrogen-bond acceptors (Lipinski definition) is 6. The van der Waals surface area contributed by atoms with Crippen molar-refractivity contribution in [2.75, 3.05) is 18.8 Å². The molecule has 7 nitrogen and oxygen atoms in total. The molecule has 174 valence electrons.